The van der Waals surface area contributed by atoms with E-state index in [4.69, 9.17) is 4.18 Å². The van der Waals surface area contributed by atoms with Crippen LogP contribution in [-0.2, 0) is 19.7 Å². The Kier molecular flexibility index (Phi) is 4.64. The van der Waals surface area contributed by atoms with E-state index in [0.717, 1.165) is 11.1 Å². The van der Waals surface area contributed by atoms with Crippen LogP contribution in [0.25, 0.3) is 0 Å². The molecule has 0 aliphatic carbocycles. The zero-order chi connectivity index (χ0) is 18.1. The highest BCUT2D eigenvalue weighted by atomic mass is 32.2. The van der Waals surface area contributed by atoms with Gasteiger partial charge in [0.05, 0.1) is 18.3 Å². The Hall–Kier alpha value is -1.86. The van der Waals surface area contributed by atoms with Crippen LogP contribution in [0, 0.1) is 0 Å². The summed E-state index contributed by atoms with van der Waals surface area (Å²) in [5, 5.41) is -1.64. The minimum absolute atomic E-state index is 0.178. The van der Waals surface area contributed by atoms with E-state index in [1.165, 1.54) is 0 Å². The molecule has 1 atom stereocenters. The molecule has 0 saturated carbocycles. The molecule has 0 amide bonds. The molecular formula is C18H17F3O3S. The van der Waals surface area contributed by atoms with Gasteiger partial charge >= 0.3 is 6.18 Å². The van der Waals surface area contributed by atoms with Gasteiger partial charge in [0.25, 0.3) is 10.1 Å². The number of hydrogen-bond donors (Lipinski definition) is 0. The molecule has 3 rings (SSSR count). The predicted molar refractivity (Wildman–Crippen MR) is 87.6 cm³/mol. The molecule has 1 heterocycles. The molecule has 1 unspecified atom stereocenters. The summed E-state index contributed by atoms with van der Waals surface area (Å²) in [7, 11) is -4.26. The van der Waals surface area contributed by atoms with Crippen molar-refractivity contribution < 1.29 is 25.8 Å². The van der Waals surface area contributed by atoms with Crippen LogP contribution in [0.5, 0.6) is 0 Å². The fourth-order valence-corrected chi connectivity index (χ4v) is 4.78. The van der Waals surface area contributed by atoms with Crippen molar-refractivity contribution in [3.8, 4) is 0 Å². The van der Waals surface area contributed by atoms with Crippen molar-refractivity contribution in [1.29, 1.82) is 0 Å². The van der Waals surface area contributed by atoms with Crippen molar-refractivity contribution in [2.75, 3.05) is 6.61 Å². The minimum Gasteiger partial charge on any atom is -0.269 e. The van der Waals surface area contributed by atoms with Crippen molar-refractivity contribution >= 4 is 10.1 Å². The average Bonchev–Trinajstić information content (AvgIpc) is 2.57. The average molecular weight is 370 g/mol. The summed E-state index contributed by atoms with van der Waals surface area (Å²) < 4.78 is 68.0. The highest BCUT2D eigenvalue weighted by molar-refractivity contribution is 7.87. The summed E-state index contributed by atoms with van der Waals surface area (Å²) in [6.07, 6.45) is -6.18. The Morgan fingerprint density at radius 3 is 1.88 bits per heavy atom. The van der Waals surface area contributed by atoms with Crippen molar-refractivity contribution in [2.24, 2.45) is 0 Å². The van der Waals surface area contributed by atoms with E-state index in [1.807, 2.05) is 0 Å². The molecule has 0 N–H and O–H groups in total. The number of rotatable bonds is 3. The van der Waals surface area contributed by atoms with Gasteiger partial charge in [0, 0.05) is 5.41 Å². The highest BCUT2D eigenvalue weighted by Crippen LogP contribution is 2.44. The third-order valence-electron chi connectivity index (χ3n) is 4.57. The number of benzene rings is 2. The quantitative estimate of drug-likeness (QED) is 0.766. The second-order valence-electron chi connectivity index (χ2n) is 6.21. The zero-order valence-corrected chi connectivity index (χ0v) is 14.1. The molecule has 0 aromatic heterocycles. The summed E-state index contributed by atoms with van der Waals surface area (Å²) in [4.78, 5) is 0. The monoisotopic (exact) mass is 370 g/mol. The maximum atomic E-state index is 12.9. The van der Waals surface area contributed by atoms with Crippen molar-refractivity contribution in [1.82, 2.24) is 0 Å². The Bertz CT molecular complexity index is 778. The lowest BCUT2D eigenvalue weighted by Crippen LogP contribution is -2.47. The van der Waals surface area contributed by atoms with E-state index >= 15 is 0 Å². The van der Waals surface area contributed by atoms with Crippen LogP contribution >= 0.6 is 0 Å². The fourth-order valence-electron chi connectivity index (χ4n) is 3.34. The molecule has 25 heavy (non-hydrogen) atoms. The molecule has 1 fully saturated rings. The lowest BCUT2D eigenvalue weighted by Gasteiger charge is -2.41. The van der Waals surface area contributed by atoms with Crippen molar-refractivity contribution in [3.63, 3.8) is 0 Å². The van der Waals surface area contributed by atoms with E-state index in [1.54, 1.807) is 60.7 Å². The van der Waals surface area contributed by atoms with Gasteiger partial charge in [-0.05, 0) is 17.5 Å². The Balaban J connectivity index is 2.10. The number of halogens is 3. The minimum atomic E-state index is -4.59. The molecule has 134 valence electrons. The Morgan fingerprint density at radius 1 is 0.960 bits per heavy atom. The first-order valence-electron chi connectivity index (χ1n) is 7.79. The summed E-state index contributed by atoms with van der Waals surface area (Å²) >= 11 is 0. The summed E-state index contributed by atoms with van der Waals surface area (Å²) in [6.45, 7) is -0.211. The van der Waals surface area contributed by atoms with Crippen LogP contribution in [0.4, 0.5) is 13.2 Å². The van der Waals surface area contributed by atoms with Crippen LogP contribution in [-0.4, -0.2) is 26.5 Å². The lowest BCUT2D eigenvalue weighted by atomic mass is 9.71. The summed E-state index contributed by atoms with van der Waals surface area (Å²) in [5.74, 6) is 0. The van der Waals surface area contributed by atoms with E-state index in [0.29, 0.717) is 0 Å². The summed E-state index contributed by atoms with van der Waals surface area (Å²) in [6, 6.07) is 17.9. The molecule has 3 nitrogen and oxygen atoms in total. The summed E-state index contributed by atoms with van der Waals surface area (Å²) in [5.41, 5.74) is 0.538. The molecule has 1 aliphatic rings. The van der Waals surface area contributed by atoms with Gasteiger partial charge in [-0.1, -0.05) is 60.7 Å². The molecule has 0 spiro atoms. The Labute approximate surface area is 144 Å². The standard InChI is InChI=1S/C18H17F3O3S/c19-18(20,21)12-16-11-17(13-24-25(16,22)23,14-7-3-1-4-8-14)15-9-5-2-6-10-15/h1-10,16H,11-13H2. The van der Waals surface area contributed by atoms with E-state index in [2.05, 4.69) is 0 Å². The lowest BCUT2D eigenvalue weighted by molar-refractivity contribution is -0.136. The zero-order valence-electron chi connectivity index (χ0n) is 13.2. The molecule has 7 heteroatoms. The van der Waals surface area contributed by atoms with Crippen molar-refractivity contribution in [3.05, 3.63) is 71.8 Å². The first-order valence-corrected chi connectivity index (χ1v) is 9.26. The molecule has 0 bridgehead atoms. The van der Waals surface area contributed by atoms with Crippen LogP contribution in [0.15, 0.2) is 60.7 Å². The molecule has 1 aliphatic heterocycles. The third-order valence-corrected chi connectivity index (χ3v) is 6.16. The van der Waals surface area contributed by atoms with Gasteiger partial charge in [0.2, 0.25) is 0 Å². The maximum absolute atomic E-state index is 12.9. The highest BCUT2D eigenvalue weighted by Gasteiger charge is 2.50. The third kappa shape index (κ3) is 3.72. The van der Waals surface area contributed by atoms with Gasteiger partial charge in [-0.3, -0.25) is 4.18 Å². The number of alkyl halides is 3. The molecule has 1 saturated heterocycles. The van der Waals surface area contributed by atoms with Crippen LogP contribution < -0.4 is 0 Å². The predicted octanol–water partition coefficient (Wildman–Crippen LogP) is 4.04. The smallest absolute Gasteiger partial charge is 0.269 e. The van der Waals surface area contributed by atoms with Gasteiger partial charge in [0.15, 0.2) is 0 Å². The molecule has 2 aromatic carbocycles. The first-order chi connectivity index (χ1) is 11.7. The van der Waals surface area contributed by atoms with E-state index in [-0.39, 0.29) is 13.0 Å². The molecule has 2 aromatic rings. The fraction of sp³-hybridized carbons (Fsp3) is 0.333. The topological polar surface area (TPSA) is 43.4 Å². The van der Waals surface area contributed by atoms with E-state index in [9.17, 15) is 21.6 Å². The van der Waals surface area contributed by atoms with Gasteiger partial charge in [-0.15, -0.1) is 0 Å². The normalized spacial score (nSPS) is 22.4. The second kappa shape index (κ2) is 6.46. The number of hydrogen-bond acceptors (Lipinski definition) is 3. The van der Waals surface area contributed by atoms with Gasteiger partial charge in [0.1, 0.15) is 0 Å². The molecular weight excluding hydrogens is 353 g/mol. The second-order valence-corrected chi connectivity index (χ2v) is 8.10. The SMILES string of the molecule is O=S1(=O)OCC(c2ccccc2)(c2ccccc2)CC1CC(F)(F)F. The molecule has 0 radical (unpaired) electrons. The van der Waals surface area contributed by atoms with Gasteiger partial charge in [-0.2, -0.15) is 21.6 Å². The largest absolute Gasteiger partial charge is 0.390 e. The maximum Gasteiger partial charge on any atom is 0.390 e. The van der Waals surface area contributed by atoms with Crippen LogP contribution in [0.2, 0.25) is 0 Å². The van der Waals surface area contributed by atoms with E-state index < -0.39 is 33.4 Å². The Morgan fingerprint density at radius 2 is 1.44 bits per heavy atom. The first kappa shape index (κ1) is 17.9. The van der Waals surface area contributed by atoms with Gasteiger partial charge in [-0.25, -0.2) is 0 Å². The van der Waals surface area contributed by atoms with Crippen molar-refractivity contribution in [2.45, 2.75) is 29.7 Å². The van der Waals surface area contributed by atoms with Gasteiger partial charge < -0.3 is 0 Å². The van der Waals surface area contributed by atoms with Crippen LogP contribution in [0.1, 0.15) is 24.0 Å². The van der Waals surface area contributed by atoms with Crippen LogP contribution in [0.3, 0.4) is 0 Å².